The predicted octanol–water partition coefficient (Wildman–Crippen LogP) is 3.14. The quantitative estimate of drug-likeness (QED) is 0.505. The monoisotopic (exact) mass is 508 g/mol. The van der Waals surface area contributed by atoms with Crippen LogP contribution >= 0.6 is 0 Å². The SMILES string of the molecule is Cc1c(-c2cccc(S(=O)(=O)N(C)C)c2)c2cc(S(=O)(=O)C(C)C)ccc2n1C/C(F)=C/C[NH3+]. The minimum absolute atomic E-state index is 0.0379. The molecular formula is C24H31FN3O4S2+. The second-order valence-electron chi connectivity index (χ2n) is 8.57. The molecule has 0 fully saturated rings. The van der Waals surface area contributed by atoms with Gasteiger partial charge in [-0.05, 0) is 56.7 Å². The van der Waals surface area contributed by atoms with Crippen LogP contribution in [0.15, 0.2) is 64.2 Å². The first-order valence-corrected chi connectivity index (χ1v) is 13.8. The molecule has 0 saturated carbocycles. The molecule has 0 aliphatic rings. The summed E-state index contributed by atoms with van der Waals surface area (Å²) >= 11 is 0. The minimum atomic E-state index is -3.68. The van der Waals surface area contributed by atoms with E-state index in [1.54, 1.807) is 48.7 Å². The Kier molecular flexibility index (Phi) is 7.37. The summed E-state index contributed by atoms with van der Waals surface area (Å²) in [4.78, 5) is 0.281. The van der Waals surface area contributed by atoms with Crippen molar-refractivity contribution in [3.63, 3.8) is 0 Å². The number of quaternary nitrogens is 1. The number of rotatable bonds is 8. The van der Waals surface area contributed by atoms with Gasteiger partial charge in [-0.15, -0.1) is 0 Å². The molecule has 1 heterocycles. The third kappa shape index (κ3) is 4.68. The molecule has 0 spiro atoms. The minimum Gasteiger partial charge on any atom is -0.354 e. The third-order valence-electron chi connectivity index (χ3n) is 5.82. The summed E-state index contributed by atoms with van der Waals surface area (Å²) < 4.78 is 68.6. The number of hydrogen-bond donors (Lipinski definition) is 1. The molecule has 0 bridgehead atoms. The number of aromatic nitrogens is 1. The van der Waals surface area contributed by atoms with Crippen LogP contribution in [-0.4, -0.2) is 51.6 Å². The lowest BCUT2D eigenvalue weighted by Gasteiger charge is -2.13. The van der Waals surface area contributed by atoms with E-state index in [9.17, 15) is 21.2 Å². The number of nitrogens with zero attached hydrogens (tertiary/aromatic N) is 2. The van der Waals surface area contributed by atoms with E-state index in [1.165, 1.54) is 32.3 Å². The van der Waals surface area contributed by atoms with Crippen molar-refractivity contribution in [1.29, 1.82) is 0 Å². The topological polar surface area (TPSA) is 104 Å². The summed E-state index contributed by atoms with van der Waals surface area (Å²) in [7, 11) is -4.32. The highest BCUT2D eigenvalue weighted by Crippen LogP contribution is 2.38. The van der Waals surface area contributed by atoms with Gasteiger partial charge < -0.3 is 10.3 Å². The zero-order valence-electron chi connectivity index (χ0n) is 20.0. The van der Waals surface area contributed by atoms with Crippen molar-refractivity contribution < 1.29 is 27.0 Å². The summed E-state index contributed by atoms with van der Waals surface area (Å²) in [6, 6.07) is 11.3. The highest BCUT2D eigenvalue weighted by Gasteiger charge is 2.24. The Hall–Kier alpha value is -2.53. The Morgan fingerprint density at radius 2 is 1.76 bits per heavy atom. The van der Waals surface area contributed by atoms with Crippen molar-refractivity contribution in [3.8, 4) is 11.1 Å². The van der Waals surface area contributed by atoms with Crippen LogP contribution < -0.4 is 5.73 Å². The first-order valence-electron chi connectivity index (χ1n) is 10.9. The molecule has 1 aromatic heterocycles. The van der Waals surface area contributed by atoms with Gasteiger partial charge in [0.15, 0.2) is 9.84 Å². The number of hydrogen-bond acceptors (Lipinski definition) is 4. The van der Waals surface area contributed by atoms with Crippen molar-refractivity contribution in [2.24, 2.45) is 0 Å². The Morgan fingerprint density at radius 3 is 2.35 bits per heavy atom. The number of allylic oxidation sites excluding steroid dienone is 1. The third-order valence-corrected chi connectivity index (χ3v) is 9.78. The van der Waals surface area contributed by atoms with Crippen LogP contribution in [0, 0.1) is 6.92 Å². The highest BCUT2D eigenvalue weighted by molar-refractivity contribution is 7.92. The number of sulfonamides is 1. The average molecular weight is 509 g/mol. The van der Waals surface area contributed by atoms with Gasteiger partial charge in [0.2, 0.25) is 10.0 Å². The van der Waals surface area contributed by atoms with E-state index in [4.69, 9.17) is 0 Å². The van der Waals surface area contributed by atoms with Gasteiger partial charge in [0.25, 0.3) is 0 Å². The van der Waals surface area contributed by atoms with Crippen LogP contribution in [0.4, 0.5) is 4.39 Å². The molecule has 0 unspecified atom stereocenters. The number of benzene rings is 2. The molecule has 10 heteroatoms. The predicted molar refractivity (Wildman–Crippen MR) is 132 cm³/mol. The number of sulfone groups is 1. The lowest BCUT2D eigenvalue weighted by Crippen LogP contribution is -2.49. The van der Waals surface area contributed by atoms with Gasteiger partial charge in [0.05, 0.1) is 28.1 Å². The van der Waals surface area contributed by atoms with Crippen LogP contribution in [0.2, 0.25) is 0 Å². The summed E-state index contributed by atoms with van der Waals surface area (Å²) in [5.74, 6) is -0.357. The van der Waals surface area contributed by atoms with E-state index in [2.05, 4.69) is 5.73 Å². The van der Waals surface area contributed by atoms with Gasteiger partial charge in [0, 0.05) is 42.3 Å². The van der Waals surface area contributed by atoms with E-state index in [0.29, 0.717) is 34.3 Å². The van der Waals surface area contributed by atoms with Crippen LogP contribution in [0.3, 0.4) is 0 Å². The molecule has 3 aromatic rings. The average Bonchev–Trinajstić information content (AvgIpc) is 3.04. The van der Waals surface area contributed by atoms with E-state index in [0.717, 1.165) is 4.31 Å². The van der Waals surface area contributed by atoms with Gasteiger partial charge >= 0.3 is 0 Å². The maximum absolute atomic E-state index is 14.5. The maximum atomic E-state index is 14.5. The molecule has 0 atom stereocenters. The van der Waals surface area contributed by atoms with Crippen molar-refractivity contribution in [1.82, 2.24) is 8.87 Å². The molecule has 184 valence electrons. The first kappa shape index (κ1) is 26.1. The normalized spacial score (nSPS) is 13.4. The summed E-state index contributed by atoms with van der Waals surface area (Å²) in [6.07, 6.45) is 1.40. The first-order chi connectivity index (χ1) is 15.8. The maximum Gasteiger partial charge on any atom is 0.242 e. The molecule has 3 N–H and O–H groups in total. The fraction of sp³-hybridized carbons (Fsp3) is 0.333. The standard InChI is InChI=1S/C24H30FN3O4S2/c1-16(2)33(29,30)20-9-10-23-22(14-20)24(17(3)28(23)15-19(25)11-12-26)18-7-6-8-21(13-18)34(31,32)27(4)5/h6-11,13-14,16H,12,15,26H2,1-5H3/p+1/b19-11-. The molecule has 7 nitrogen and oxygen atoms in total. The highest BCUT2D eigenvalue weighted by atomic mass is 32.2. The van der Waals surface area contributed by atoms with Crippen LogP contribution in [0.5, 0.6) is 0 Å². The zero-order valence-corrected chi connectivity index (χ0v) is 21.7. The lowest BCUT2D eigenvalue weighted by atomic mass is 10.0. The van der Waals surface area contributed by atoms with E-state index in [1.807, 2.05) is 6.92 Å². The second kappa shape index (κ2) is 9.61. The van der Waals surface area contributed by atoms with Crippen LogP contribution in [-0.2, 0) is 26.4 Å². The molecule has 0 saturated heterocycles. The van der Waals surface area contributed by atoms with Crippen LogP contribution in [0.25, 0.3) is 22.0 Å². The molecular weight excluding hydrogens is 477 g/mol. The van der Waals surface area contributed by atoms with Gasteiger partial charge in [-0.2, -0.15) is 0 Å². The molecule has 3 rings (SSSR count). The fourth-order valence-corrected chi connectivity index (χ4v) is 5.91. The molecule has 0 aliphatic carbocycles. The summed E-state index contributed by atoms with van der Waals surface area (Å²) in [5, 5.41) is 0.00336. The van der Waals surface area contributed by atoms with E-state index >= 15 is 0 Å². The van der Waals surface area contributed by atoms with Crippen molar-refractivity contribution in [3.05, 3.63) is 60.1 Å². The van der Waals surface area contributed by atoms with Gasteiger partial charge in [-0.1, -0.05) is 12.1 Å². The Morgan fingerprint density at radius 1 is 1.09 bits per heavy atom. The smallest absolute Gasteiger partial charge is 0.242 e. The Labute approximate surface area is 200 Å². The van der Waals surface area contributed by atoms with Crippen molar-refractivity contribution in [2.45, 2.75) is 42.4 Å². The van der Waals surface area contributed by atoms with Gasteiger partial charge in [-0.25, -0.2) is 25.5 Å². The number of fused-ring (bicyclic) bond motifs is 1. The lowest BCUT2D eigenvalue weighted by molar-refractivity contribution is -0.353. The molecule has 0 radical (unpaired) electrons. The zero-order chi connectivity index (χ0) is 25.4. The van der Waals surface area contributed by atoms with Gasteiger partial charge in [0.1, 0.15) is 5.83 Å². The summed E-state index contributed by atoms with van der Waals surface area (Å²) in [5.41, 5.74) is 6.27. The van der Waals surface area contributed by atoms with E-state index in [-0.39, 0.29) is 22.2 Å². The van der Waals surface area contributed by atoms with Gasteiger partial charge in [-0.3, -0.25) is 0 Å². The Balaban J connectivity index is 2.37. The molecule has 2 aromatic carbocycles. The largest absolute Gasteiger partial charge is 0.354 e. The van der Waals surface area contributed by atoms with Crippen molar-refractivity contribution >= 4 is 30.8 Å². The molecule has 0 aliphatic heterocycles. The Bertz CT molecular complexity index is 1470. The molecule has 34 heavy (non-hydrogen) atoms. The summed E-state index contributed by atoms with van der Waals surface area (Å²) in [6.45, 7) is 5.31. The number of halogens is 1. The van der Waals surface area contributed by atoms with Crippen molar-refractivity contribution in [2.75, 3.05) is 20.6 Å². The fourth-order valence-electron chi connectivity index (χ4n) is 3.87. The van der Waals surface area contributed by atoms with E-state index < -0.39 is 25.1 Å². The van der Waals surface area contributed by atoms with Crippen LogP contribution in [0.1, 0.15) is 19.5 Å². The molecule has 0 amide bonds. The second-order valence-corrected chi connectivity index (χ2v) is 13.2.